The monoisotopic (exact) mass is 505 g/mol. The van der Waals surface area contributed by atoms with E-state index < -0.39 is 0 Å². The van der Waals surface area contributed by atoms with Crippen molar-refractivity contribution in [2.45, 2.75) is 40.0 Å². The summed E-state index contributed by atoms with van der Waals surface area (Å²) in [5, 5.41) is 4.47. The molecule has 1 aliphatic rings. The number of nitrogen functional groups attached to an aromatic ring is 1. The molecule has 1 amide bonds. The molecule has 0 bridgehead atoms. The van der Waals surface area contributed by atoms with Gasteiger partial charge in [0.05, 0.1) is 5.69 Å². The molecule has 2 aromatic carbocycles. The fourth-order valence-corrected chi connectivity index (χ4v) is 5.65. The number of hydrogen-bond donors (Lipinski definition) is 2. The van der Waals surface area contributed by atoms with Crippen LogP contribution in [0.3, 0.4) is 0 Å². The molecule has 4 aromatic rings. The summed E-state index contributed by atoms with van der Waals surface area (Å²) in [4.78, 5) is 19.3. The molecule has 5 rings (SSSR count). The molecule has 7 heteroatoms. The SMILES string of the molecule is CC(C)(C)C1CCc2nc3sc(C(=O)Nc4ccc(Oc5ccc(Cl)cc5)cc4)c(N)c3cc2C1. The van der Waals surface area contributed by atoms with Gasteiger partial charge in [0.25, 0.3) is 5.91 Å². The summed E-state index contributed by atoms with van der Waals surface area (Å²) >= 11 is 7.27. The maximum absolute atomic E-state index is 13.1. The van der Waals surface area contributed by atoms with E-state index in [1.807, 2.05) is 0 Å². The number of aryl methyl sites for hydroxylation is 1. The normalized spacial score (nSPS) is 15.6. The third-order valence-corrected chi connectivity index (χ3v) is 8.04. The number of ether oxygens (including phenoxy) is 1. The number of fused-ring (bicyclic) bond motifs is 2. The number of amides is 1. The minimum absolute atomic E-state index is 0.234. The van der Waals surface area contributed by atoms with Gasteiger partial charge in [0.1, 0.15) is 21.2 Å². The zero-order valence-electron chi connectivity index (χ0n) is 20.0. The summed E-state index contributed by atoms with van der Waals surface area (Å²) < 4.78 is 5.82. The zero-order valence-corrected chi connectivity index (χ0v) is 21.6. The number of hydrogen-bond acceptors (Lipinski definition) is 5. The van der Waals surface area contributed by atoms with Gasteiger partial charge in [-0.05, 0) is 90.8 Å². The van der Waals surface area contributed by atoms with E-state index in [0.717, 1.165) is 35.2 Å². The Morgan fingerprint density at radius 3 is 2.43 bits per heavy atom. The number of nitrogens with two attached hydrogens (primary N) is 1. The largest absolute Gasteiger partial charge is 0.457 e. The summed E-state index contributed by atoms with van der Waals surface area (Å²) in [6.45, 7) is 6.89. The molecular weight excluding hydrogens is 478 g/mol. The highest BCUT2D eigenvalue weighted by atomic mass is 35.5. The van der Waals surface area contributed by atoms with Crippen LogP contribution in [0, 0.1) is 11.3 Å². The summed E-state index contributed by atoms with van der Waals surface area (Å²) in [7, 11) is 0. The molecule has 3 N–H and O–H groups in total. The van der Waals surface area contributed by atoms with Gasteiger partial charge in [-0.2, -0.15) is 0 Å². The molecule has 5 nitrogen and oxygen atoms in total. The molecule has 0 radical (unpaired) electrons. The predicted octanol–water partition coefficient (Wildman–Crippen LogP) is 7.73. The molecule has 0 fully saturated rings. The molecule has 35 heavy (non-hydrogen) atoms. The van der Waals surface area contributed by atoms with Gasteiger partial charge in [-0.3, -0.25) is 4.79 Å². The first-order valence-electron chi connectivity index (χ1n) is 11.7. The standard InChI is InChI=1S/C28H28ClN3O2S/c1-28(2,3)17-4-13-23-16(14-17)15-22-24(30)25(35-27(22)32-23)26(33)31-19-7-11-21(12-8-19)34-20-9-5-18(29)6-10-20/h5-12,15,17H,4,13-14,30H2,1-3H3,(H,31,33). The van der Waals surface area contributed by atoms with Gasteiger partial charge in [-0.1, -0.05) is 32.4 Å². The lowest BCUT2D eigenvalue weighted by Gasteiger charge is -2.34. The van der Waals surface area contributed by atoms with Gasteiger partial charge in [-0.15, -0.1) is 11.3 Å². The second kappa shape index (κ2) is 9.17. The topological polar surface area (TPSA) is 77.2 Å². The highest BCUT2D eigenvalue weighted by Gasteiger charge is 2.30. The van der Waals surface area contributed by atoms with Crippen molar-refractivity contribution >= 4 is 50.4 Å². The smallest absolute Gasteiger partial charge is 0.267 e. The Kier molecular flexibility index (Phi) is 6.20. The van der Waals surface area contributed by atoms with Crippen LogP contribution in [0.15, 0.2) is 54.6 Å². The van der Waals surface area contributed by atoms with Crippen molar-refractivity contribution in [2.24, 2.45) is 11.3 Å². The van der Waals surface area contributed by atoms with Crippen LogP contribution in [-0.2, 0) is 12.8 Å². The Bertz CT molecular complexity index is 1390. The van der Waals surface area contributed by atoms with E-state index >= 15 is 0 Å². The Balaban J connectivity index is 1.32. The lowest BCUT2D eigenvalue weighted by atomic mass is 9.71. The van der Waals surface area contributed by atoms with Crippen LogP contribution >= 0.6 is 22.9 Å². The Morgan fingerprint density at radius 2 is 1.77 bits per heavy atom. The number of benzene rings is 2. The number of aromatic nitrogens is 1. The number of thiophene rings is 1. The zero-order chi connectivity index (χ0) is 24.7. The van der Waals surface area contributed by atoms with Gasteiger partial charge in [-0.25, -0.2) is 4.98 Å². The number of nitrogens with zero attached hydrogens (tertiary/aromatic N) is 1. The van der Waals surface area contributed by atoms with Crippen LogP contribution in [0.25, 0.3) is 10.2 Å². The van der Waals surface area contributed by atoms with Crippen molar-refractivity contribution in [2.75, 3.05) is 11.1 Å². The number of halogens is 1. The van der Waals surface area contributed by atoms with Crippen molar-refractivity contribution in [1.82, 2.24) is 4.98 Å². The molecule has 1 aliphatic carbocycles. The highest BCUT2D eigenvalue weighted by molar-refractivity contribution is 7.21. The first-order valence-corrected chi connectivity index (χ1v) is 12.9. The highest BCUT2D eigenvalue weighted by Crippen LogP contribution is 2.40. The van der Waals surface area contributed by atoms with Gasteiger partial charge in [0, 0.05) is 21.8 Å². The van der Waals surface area contributed by atoms with Crippen molar-refractivity contribution in [3.05, 3.63) is 75.8 Å². The van der Waals surface area contributed by atoms with E-state index in [1.165, 1.54) is 16.9 Å². The average Bonchev–Trinajstić information content (AvgIpc) is 3.15. The molecule has 0 saturated heterocycles. The van der Waals surface area contributed by atoms with E-state index in [2.05, 4.69) is 32.2 Å². The van der Waals surface area contributed by atoms with Crippen molar-refractivity contribution < 1.29 is 9.53 Å². The van der Waals surface area contributed by atoms with Gasteiger partial charge < -0.3 is 15.8 Å². The Hall–Kier alpha value is -3.09. The van der Waals surface area contributed by atoms with Crippen LogP contribution in [0.2, 0.25) is 5.02 Å². The third-order valence-electron chi connectivity index (χ3n) is 6.68. The first kappa shape index (κ1) is 23.6. The fourth-order valence-electron chi connectivity index (χ4n) is 4.53. The fraction of sp³-hybridized carbons (Fsp3) is 0.286. The predicted molar refractivity (Wildman–Crippen MR) is 145 cm³/mol. The summed E-state index contributed by atoms with van der Waals surface area (Å²) in [6, 6.07) is 16.5. The van der Waals surface area contributed by atoms with Crippen LogP contribution < -0.4 is 15.8 Å². The van der Waals surface area contributed by atoms with E-state index in [4.69, 9.17) is 27.1 Å². The maximum Gasteiger partial charge on any atom is 0.267 e. The summed E-state index contributed by atoms with van der Waals surface area (Å²) in [6.07, 6.45) is 3.11. The average molecular weight is 506 g/mol. The quantitative estimate of drug-likeness (QED) is 0.297. The first-order chi connectivity index (χ1) is 16.7. The van der Waals surface area contributed by atoms with E-state index in [9.17, 15) is 4.79 Å². The number of nitrogens with one attached hydrogen (secondary N) is 1. The Morgan fingerprint density at radius 1 is 1.11 bits per heavy atom. The number of anilines is 2. The molecular formula is C28H28ClN3O2S. The van der Waals surface area contributed by atoms with Crippen LogP contribution in [-0.4, -0.2) is 10.9 Å². The van der Waals surface area contributed by atoms with Crippen molar-refractivity contribution in [3.8, 4) is 11.5 Å². The summed E-state index contributed by atoms with van der Waals surface area (Å²) in [5.74, 6) is 1.73. The van der Waals surface area contributed by atoms with E-state index in [1.54, 1.807) is 48.5 Å². The van der Waals surface area contributed by atoms with Crippen LogP contribution in [0.4, 0.5) is 11.4 Å². The van der Waals surface area contributed by atoms with Crippen molar-refractivity contribution in [3.63, 3.8) is 0 Å². The molecule has 1 unspecified atom stereocenters. The van der Waals surface area contributed by atoms with Gasteiger partial charge in [0.2, 0.25) is 0 Å². The molecule has 1 atom stereocenters. The third kappa shape index (κ3) is 5.00. The number of pyridine rings is 1. The molecule has 0 spiro atoms. The molecule has 2 heterocycles. The van der Waals surface area contributed by atoms with Crippen LogP contribution in [0.1, 0.15) is 48.1 Å². The van der Waals surface area contributed by atoms with Gasteiger partial charge in [0.15, 0.2) is 0 Å². The number of rotatable bonds is 4. The lowest BCUT2D eigenvalue weighted by molar-refractivity contribution is 0.103. The number of carbonyl (C=O) groups is 1. The van der Waals surface area contributed by atoms with Crippen molar-refractivity contribution in [1.29, 1.82) is 0 Å². The van der Waals surface area contributed by atoms with Gasteiger partial charge >= 0.3 is 0 Å². The number of carbonyl (C=O) groups excluding carboxylic acids is 1. The minimum atomic E-state index is -0.234. The van der Waals surface area contributed by atoms with E-state index in [0.29, 0.717) is 38.7 Å². The second-order valence-electron chi connectivity index (χ2n) is 10.1. The van der Waals surface area contributed by atoms with Crippen LogP contribution in [0.5, 0.6) is 11.5 Å². The molecule has 180 valence electrons. The minimum Gasteiger partial charge on any atom is -0.457 e. The second-order valence-corrected chi connectivity index (χ2v) is 11.6. The van der Waals surface area contributed by atoms with E-state index in [-0.39, 0.29) is 11.3 Å². The summed E-state index contributed by atoms with van der Waals surface area (Å²) in [5.41, 5.74) is 10.3. The molecule has 0 saturated carbocycles. The molecule has 0 aliphatic heterocycles. The maximum atomic E-state index is 13.1. The lowest BCUT2D eigenvalue weighted by Crippen LogP contribution is -2.27. The Labute approximate surface area is 214 Å². The molecule has 2 aromatic heterocycles.